The van der Waals surface area contributed by atoms with Crippen LogP contribution in [0.1, 0.15) is 49.5 Å². The predicted octanol–water partition coefficient (Wildman–Crippen LogP) is 4.19. The Bertz CT molecular complexity index is 660. The molecule has 0 spiro atoms. The van der Waals surface area contributed by atoms with E-state index in [1.165, 1.54) is 60.9 Å². The maximum atomic E-state index is 12.1. The summed E-state index contributed by atoms with van der Waals surface area (Å²) in [5, 5.41) is 6.30. The number of thiazole rings is 1. The molecule has 0 bridgehead atoms. The number of carbonyl (C=O) groups excluding carboxylic acids is 1. The zero-order valence-corrected chi connectivity index (χ0v) is 15.2. The predicted molar refractivity (Wildman–Crippen MR) is 95.3 cm³/mol. The molecule has 1 fully saturated rings. The van der Waals surface area contributed by atoms with Gasteiger partial charge in [0.2, 0.25) is 5.91 Å². The van der Waals surface area contributed by atoms with Crippen molar-refractivity contribution in [1.82, 2.24) is 14.5 Å². The van der Waals surface area contributed by atoms with Gasteiger partial charge < -0.3 is 9.88 Å². The highest BCUT2D eigenvalue weighted by Crippen LogP contribution is 2.34. The van der Waals surface area contributed by atoms with E-state index >= 15 is 0 Å². The Morgan fingerprint density at radius 1 is 1.39 bits per heavy atom. The average Bonchev–Trinajstić information content (AvgIpc) is 3.15. The molecule has 1 aliphatic rings. The van der Waals surface area contributed by atoms with Crippen molar-refractivity contribution >= 4 is 34.1 Å². The minimum atomic E-state index is -0.0292. The van der Waals surface area contributed by atoms with Crippen LogP contribution in [0.15, 0.2) is 16.7 Å². The van der Waals surface area contributed by atoms with Gasteiger partial charge in [0, 0.05) is 23.3 Å². The lowest BCUT2D eigenvalue weighted by atomic mass is 9.95. The molecule has 0 aromatic carbocycles. The van der Waals surface area contributed by atoms with Crippen LogP contribution in [0, 0.1) is 13.8 Å². The number of nitrogens with zero attached hydrogens (tertiary/aromatic N) is 3. The molecule has 1 saturated carbocycles. The second-order valence-corrected chi connectivity index (χ2v) is 7.74. The van der Waals surface area contributed by atoms with Crippen molar-refractivity contribution < 1.29 is 4.79 Å². The van der Waals surface area contributed by atoms with E-state index in [0.29, 0.717) is 16.9 Å². The van der Waals surface area contributed by atoms with Gasteiger partial charge in [0.15, 0.2) is 10.3 Å². The molecule has 3 rings (SSSR count). The molecule has 5 nitrogen and oxygen atoms in total. The Labute approximate surface area is 144 Å². The van der Waals surface area contributed by atoms with Crippen LogP contribution in [-0.2, 0) is 4.79 Å². The molecule has 2 heterocycles. The molecule has 23 heavy (non-hydrogen) atoms. The van der Waals surface area contributed by atoms with Crippen molar-refractivity contribution in [2.45, 2.75) is 57.1 Å². The number of rotatable bonds is 5. The van der Waals surface area contributed by atoms with E-state index in [-0.39, 0.29) is 5.91 Å². The van der Waals surface area contributed by atoms with E-state index in [1.54, 1.807) is 6.20 Å². The van der Waals surface area contributed by atoms with E-state index < -0.39 is 0 Å². The number of aryl methyl sites for hydroxylation is 1. The molecular weight excluding hydrogens is 328 g/mol. The summed E-state index contributed by atoms with van der Waals surface area (Å²) in [6, 6.07) is 0.537. The lowest BCUT2D eigenvalue weighted by Gasteiger charge is -2.26. The number of amides is 1. The Morgan fingerprint density at radius 3 is 2.87 bits per heavy atom. The van der Waals surface area contributed by atoms with Crippen molar-refractivity contribution in [3.05, 3.63) is 23.0 Å². The molecule has 2 aromatic heterocycles. The molecular formula is C16H22N4OS2. The van der Waals surface area contributed by atoms with Gasteiger partial charge in [-0.2, -0.15) is 0 Å². The number of hydrogen-bond acceptors (Lipinski definition) is 5. The topological polar surface area (TPSA) is 59.8 Å². The van der Waals surface area contributed by atoms with Crippen LogP contribution in [0.4, 0.5) is 5.13 Å². The minimum absolute atomic E-state index is 0.0292. The Kier molecular flexibility index (Phi) is 5.38. The number of carbonyl (C=O) groups is 1. The fourth-order valence-corrected chi connectivity index (χ4v) is 4.54. The second kappa shape index (κ2) is 7.49. The summed E-state index contributed by atoms with van der Waals surface area (Å²) in [6.45, 7) is 4.19. The van der Waals surface area contributed by atoms with E-state index in [4.69, 9.17) is 0 Å². The summed E-state index contributed by atoms with van der Waals surface area (Å²) < 4.78 is 2.36. The molecule has 1 N–H and O–H groups in total. The summed E-state index contributed by atoms with van der Waals surface area (Å²) in [4.78, 5) is 20.8. The van der Waals surface area contributed by atoms with E-state index in [2.05, 4.69) is 26.8 Å². The van der Waals surface area contributed by atoms with Gasteiger partial charge in [-0.3, -0.25) is 4.79 Å². The van der Waals surface area contributed by atoms with Crippen molar-refractivity contribution in [2.75, 3.05) is 11.1 Å². The highest BCUT2D eigenvalue weighted by atomic mass is 32.2. The number of nitrogens with one attached hydrogen (secondary N) is 1. The Hall–Kier alpha value is -1.34. The van der Waals surface area contributed by atoms with E-state index in [1.807, 2.05) is 12.3 Å². The fraction of sp³-hybridized carbons (Fsp3) is 0.562. The van der Waals surface area contributed by atoms with Gasteiger partial charge in [-0.25, -0.2) is 9.97 Å². The van der Waals surface area contributed by atoms with Gasteiger partial charge in [0.25, 0.3) is 0 Å². The second-order valence-electron chi connectivity index (χ2n) is 5.90. The van der Waals surface area contributed by atoms with Gasteiger partial charge in [-0.15, -0.1) is 11.3 Å². The summed E-state index contributed by atoms with van der Waals surface area (Å²) in [7, 11) is 0. The Balaban J connectivity index is 1.67. The first-order valence-corrected chi connectivity index (χ1v) is 9.89. The van der Waals surface area contributed by atoms with Crippen molar-refractivity contribution in [1.29, 1.82) is 0 Å². The Morgan fingerprint density at radius 2 is 2.17 bits per heavy atom. The molecule has 124 valence electrons. The van der Waals surface area contributed by atoms with Crippen molar-refractivity contribution in [3.8, 4) is 0 Å². The first-order valence-electron chi connectivity index (χ1n) is 8.02. The van der Waals surface area contributed by atoms with E-state index in [9.17, 15) is 4.79 Å². The van der Waals surface area contributed by atoms with Gasteiger partial charge >= 0.3 is 0 Å². The number of aromatic nitrogens is 3. The molecule has 7 heteroatoms. The van der Waals surface area contributed by atoms with Crippen LogP contribution in [-0.4, -0.2) is 26.2 Å². The maximum absolute atomic E-state index is 12.1. The normalized spacial score (nSPS) is 15.7. The van der Waals surface area contributed by atoms with Crippen molar-refractivity contribution in [2.24, 2.45) is 0 Å². The summed E-state index contributed by atoms with van der Waals surface area (Å²) in [6.07, 6.45) is 8.04. The molecule has 2 aromatic rings. The van der Waals surface area contributed by atoms with Crippen LogP contribution >= 0.6 is 23.1 Å². The number of hydrogen-bond donors (Lipinski definition) is 1. The molecule has 1 amide bonds. The van der Waals surface area contributed by atoms with Gasteiger partial charge in [-0.05, 0) is 26.7 Å². The molecule has 0 atom stereocenters. The SMILES string of the molecule is Cc1nc(SCC(=O)Nc2nccs2)n(C2CCCCC2)c1C. The minimum Gasteiger partial charge on any atom is -0.320 e. The molecule has 0 saturated heterocycles. The average molecular weight is 351 g/mol. The van der Waals surface area contributed by atoms with Crippen LogP contribution in [0.3, 0.4) is 0 Å². The van der Waals surface area contributed by atoms with Gasteiger partial charge in [0.05, 0.1) is 11.4 Å². The maximum Gasteiger partial charge on any atom is 0.236 e. The molecule has 0 radical (unpaired) electrons. The third-order valence-corrected chi connectivity index (χ3v) is 5.95. The first kappa shape index (κ1) is 16.5. The summed E-state index contributed by atoms with van der Waals surface area (Å²) in [5.74, 6) is 0.334. The fourth-order valence-electron chi connectivity index (χ4n) is 3.04. The first-order chi connectivity index (χ1) is 11.1. The van der Waals surface area contributed by atoms with Crippen molar-refractivity contribution in [3.63, 3.8) is 0 Å². The summed E-state index contributed by atoms with van der Waals surface area (Å²) in [5.41, 5.74) is 2.30. The smallest absolute Gasteiger partial charge is 0.236 e. The summed E-state index contributed by atoms with van der Waals surface area (Å²) >= 11 is 2.95. The lowest BCUT2D eigenvalue weighted by Crippen LogP contribution is -2.17. The number of imidazole rings is 1. The standard InChI is InChI=1S/C16H22N4OS2/c1-11-12(2)20(13-6-4-3-5-7-13)16(18-11)23-10-14(21)19-15-17-8-9-22-15/h8-9,13H,3-7,10H2,1-2H3,(H,17,19,21). The zero-order chi connectivity index (χ0) is 16.2. The quantitative estimate of drug-likeness (QED) is 0.821. The van der Waals surface area contributed by atoms with Crippen LogP contribution in [0.5, 0.6) is 0 Å². The third-order valence-electron chi connectivity index (χ3n) is 4.31. The highest BCUT2D eigenvalue weighted by molar-refractivity contribution is 7.99. The van der Waals surface area contributed by atoms with Gasteiger partial charge in [-0.1, -0.05) is 31.0 Å². The highest BCUT2D eigenvalue weighted by Gasteiger charge is 2.22. The van der Waals surface area contributed by atoms with Gasteiger partial charge in [0.1, 0.15) is 0 Å². The zero-order valence-electron chi connectivity index (χ0n) is 13.5. The molecule has 1 aliphatic carbocycles. The van der Waals surface area contributed by atoms with Crippen LogP contribution in [0.2, 0.25) is 0 Å². The third kappa shape index (κ3) is 3.95. The number of anilines is 1. The van der Waals surface area contributed by atoms with Crippen LogP contribution < -0.4 is 5.32 Å². The largest absolute Gasteiger partial charge is 0.320 e. The molecule has 0 aliphatic heterocycles. The van der Waals surface area contributed by atoms with E-state index in [0.717, 1.165) is 10.9 Å². The monoisotopic (exact) mass is 350 g/mol. The lowest BCUT2D eigenvalue weighted by molar-refractivity contribution is -0.113. The van der Waals surface area contributed by atoms with Crippen LogP contribution in [0.25, 0.3) is 0 Å². The number of thioether (sulfide) groups is 1. The molecule has 0 unspecified atom stereocenters.